The molecule has 0 unspecified atom stereocenters. The maximum Gasteiger partial charge on any atom is 0.361 e. The lowest BCUT2D eigenvalue weighted by Crippen LogP contribution is -2.22. The molecule has 9 heteroatoms. The second-order valence-corrected chi connectivity index (χ2v) is 6.15. The summed E-state index contributed by atoms with van der Waals surface area (Å²) in [5.41, 5.74) is 1.55. The summed E-state index contributed by atoms with van der Waals surface area (Å²) in [5.74, 6) is -1.93. The van der Waals surface area contributed by atoms with Gasteiger partial charge in [0, 0.05) is 0 Å². The molecular formula is C21H20N4O5. The molecule has 0 saturated heterocycles. The molecule has 0 atom stereocenters. The number of nitrogens with one attached hydrogen (secondary N) is 1. The van der Waals surface area contributed by atoms with Crippen molar-refractivity contribution < 1.29 is 23.9 Å². The van der Waals surface area contributed by atoms with Gasteiger partial charge in [-0.15, -0.1) is 5.10 Å². The molecule has 0 aliphatic heterocycles. The smallest absolute Gasteiger partial charge is 0.361 e. The average Bonchev–Trinajstić information content (AvgIpc) is 3.15. The van der Waals surface area contributed by atoms with E-state index < -0.39 is 24.5 Å². The number of hydrogen-bond acceptors (Lipinski definition) is 7. The van der Waals surface area contributed by atoms with E-state index in [1.807, 2.05) is 18.2 Å². The van der Waals surface area contributed by atoms with Gasteiger partial charge in [-0.25, -0.2) is 9.59 Å². The Bertz CT molecular complexity index is 1060. The Morgan fingerprint density at radius 2 is 1.63 bits per heavy atom. The summed E-state index contributed by atoms with van der Waals surface area (Å²) in [6.45, 7) is 2.97. The molecule has 1 N–H and O–H groups in total. The van der Waals surface area contributed by atoms with Crippen LogP contribution in [-0.4, -0.2) is 46.1 Å². The number of nitrogens with zero attached hydrogens (tertiary/aromatic N) is 3. The number of anilines is 1. The highest BCUT2D eigenvalue weighted by atomic mass is 16.5. The quantitative estimate of drug-likeness (QED) is 0.598. The normalized spacial score (nSPS) is 10.3. The van der Waals surface area contributed by atoms with Gasteiger partial charge in [-0.3, -0.25) is 4.79 Å². The van der Waals surface area contributed by atoms with Gasteiger partial charge in [0.2, 0.25) is 0 Å². The highest BCUT2D eigenvalue weighted by Gasteiger charge is 2.20. The Morgan fingerprint density at radius 1 is 0.933 bits per heavy atom. The van der Waals surface area contributed by atoms with Crippen molar-refractivity contribution in [3.63, 3.8) is 0 Å². The molecule has 0 aliphatic rings. The first-order chi connectivity index (χ1) is 14.5. The molecule has 0 spiro atoms. The largest absolute Gasteiger partial charge is 0.462 e. The van der Waals surface area contributed by atoms with Crippen molar-refractivity contribution in [1.29, 1.82) is 0 Å². The van der Waals surface area contributed by atoms with Crippen molar-refractivity contribution in [1.82, 2.24) is 15.0 Å². The van der Waals surface area contributed by atoms with Gasteiger partial charge in [0.25, 0.3) is 5.91 Å². The van der Waals surface area contributed by atoms with Gasteiger partial charge < -0.3 is 14.8 Å². The first-order valence-electron chi connectivity index (χ1n) is 9.22. The molecule has 30 heavy (non-hydrogen) atoms. The van der Waals surface area contributed by atoms with Crippen LogP contribution in [0.1, 0.15) is 33.5 Å². The van der Waals surface area contributed by atoms with Gasteiger partial charge in [0.1, 0.15) is 0 Å². The van der Waals surface area contributed by atoms with Crippen molar-refractivity contribution in [3.8, 4) is 5.69 Å². The lowest BCUT2D eigenvalue weighted by Gasteiger charge is -2.10. The number of carbonyl (C=O) groups is 3. The lowest BCUT2D eigenvalue weighted by atomic mass is 10.2. The summed E-state index contributed by atoms with van der Waals surface area (Å²) in [6, 6.07) is 15.5. The topological polar surface area (TPSA) is 112 Å². The van der Waals surface area contributed by atoms with E-state index in [0.29, 0.717) is 11.4 Å². The van der Waals surface area contributed by atoms with E-state index in [-0.39, 0.29) is 23.6 Å². The summed E-state index contributed by atoms with van der Waals surface area (Å²) in [6.07, 6.45) is 0. The first-order valence-corrected chi connectivity index (χ1v) is 9.22. The molecule has 154 valence electrons. The van der Waals surface area contributed by atoms with Gasteiger partial charge in [-0.1, -0.05) is 30.3 Å². The zero-order valence-electron chi connectivity index (χ0n) is 16.5. The molecule has 3 rings (SSSR count). The third-order valence-electron chi connectivity index (χ3n) is 3.99. The molecular weight excluding hydrogens is 388 g/mol. The number of ether oxygens (including phenoxy) is 2. The second-order valence-electron chi connectivity index (χ2n) is 6.15. The minimum absolute atomic E-state index is 0.0126. The number of hydrogen-bond donors (Lipinski definition) is 1. The maximum atomic E-state index is 12.3. The second kappa shape index (κ2) is 9.46. The van der Waals surface area contributed by atoms with Crippen LogP contribution in [0.4, 0.5) is 5.69 Å². The number of amides is 1. The zero-order chi connectivity index (χ0) is 21.5. The van der Waals surface area contributed by atoms with Crippen LogP contribution in [0.2, 0.25) is 0 Å². The lowest BCUT2D eigenvalue weighted by molar-refractivity contribution is -0.119. The molecule has 0 fully saturated rings. The fourth-order valence-electron chi connectivity index (χ4n) is 2.61. The number of esters is 2. The van der Waals surface area contributed by atoms with E-state index in [9.17, 15) is 14.4 Å². The Labute approximate surface area is 172 Å². The van der Waals surface area contributed by atoms with Crippen molar-refractivity contribution >= 4 is 23.5 Å². The monoisotopic (exact) mass is 408 g/mol. The van der Waals surface area contributed by atoms with E-state index in [2.05, 4.69) is 15.5 Å². The standard InChI is InChI=1S/C21H20N4O5/c1-3-29-20(27)16-11-7-8-12-17(16)22-18(26)13-30-21(28)19-14(2)23-25(24-19)15-9-5-4-6-10-15/h4-12H,3,13H2,1-2H3,(H,22,26). The van der Waals surface area contributed by atoms with E-state index in [1.165, 1.54) is 10.9 Å². The van der Waals surface area contributed by atoms with Crippen LogP contribution in [0.15, 0.2) is 54.6 Å². The van der Waals surface area contributed by atoms with Crippen molar-refractivity contribution in [2.45, 2.75) is 13.8 Å². The van der Waals surface area contributed by atoms with Gasteiger partial charge in [-0.2, -0.15) is 9.90 Å². The molecule has 1 aromatic heterocycles. The van der Waals surface area contributed by atoms with Crippen molar-refractivity contribution in [2.75, 3.05) is 18.5 Å². The number of para-hydroxylation sites is 2. The van der Waals surface area contributed by atoms with Gasteiger partial charge in [-0.05, 0) is 38.1 Å². The number of carbonyl (C=O) groups excluding carboxylic acids is 3. The van der Waals surface area contributed by atoms with E-state index >= 15 is 0 Å². The highest BCUT2D eigenvalue weighted by molar-refractivity contribution is 6.02. The first kappa shape index (κ1) is 20.7. The maximum absolute atomic E-state index is 12.3. The summed E-state index contributed by atoms with van der Waals surface area (Å²) < 4.78 is 10.0. The minimum Gasteiger partial charge on any atom is -0.462 e. The van der Waals surface area contributed by atoms with Crippen LogP contribution in [0.25, 0.3) is 5.69 Å². The Hall–Kier alpha value is -4.01. The summed E-state index contributed by atoms with van der Waals surface area (Å²) in [7, 11) is 0. The van der Waals surface area contributed by atoms with Crippen molar-refractivity contribution in [2.24, 2.45) is 0 Å². The predicted octanol–water partition coefficient (Wildman–Crippen LogP) is 2.55. The third-order valence-corrected chi connectivity index (χ3v) is 3.99. The Kier molecular flexibility index (Phi) is 6.53. The molecule has 9 nitrogen and oxygen atoms in total. The highest BCUT2D eigenvalue weighted by Crippen LogP contribution is 2.16. The Balaban J connectivity index is 1.63. The van der Waals surface area contributed by atoms with E-state index in [4.69, 9.17) is 9.47 Å². The number of aryl methyl sites for hydroxylation is 1. The van der Waals surface area contributed by atoms with Gasteiger partial charge in [0.15, 0.2) is 12.3 Å². The fraction of sp³-hybridized carbons (Fsp3) is 0.190. The SMILES string of the molecule is CCOC(=O)c1ccccc1NC(=O)COC(=O)c1nn(-c2ccccc2)nc1C. The molecule has 1 amide bonds. The number of benzene rings is 2. The van der Waals surface area contributed by atoms with E-state index in [0.717, 1.165) is 0 Å². The molecule has 1 heterocycles. The summed E-state index contributed by atoms with van der Waals surface area (Å²) in [5, 5.41) is 10.9. The molecule has 2 aromatic carbocycles. The van der Waals surface area contributed by atoms with Crippen LogP contribution in [0, 0.1) is 6.92 Å². The Morgan fingerprint density at radius 3 is 2.37 bits per heavy atom. The van der Waals surface area contributed by atoms with Gasteiger partial charge in [0.05, 0.1) is 29.2 Å². The van der Waals surface area contributed by atoms with Crippen LogP contribution in [0.3, 0.4) is 0 Å². The molecule has 3 aromatic rings. The van der Waals surface area contributed by atoms with Crippen LogP contribution < -0.4 is 5.32 Å². The number of rotatable bonds is 7. The minimum atomic E-state index is -0.775. The molecule has 0 radical (unpaired) electrons. The molecule has 0 bridgehead atoms. The average molecular weight is 408 g/mol. The molecule has 0 saturated carbocycles. The predicted molar refractivity (Wildman–Crippen MR) is 107 cm³/mol. The van der Waals surface area contributed by atoms with Crippen LogP contribution >= 0.6 is 0 Å². The molecule has 0 aliphatic carbocycles. The van der Waals surface area contributed by atoms with Gasteiger partial charge >= 0.3 is 11.9 Å². The third kappa shape index (κ3) is 4.88. The number of aromatic nitrogens is 3. The zero-order valence-corrected chi connectivity index (χ0v) is 16.5. The van der Waals surface area contributed by atoms with Crippen LogP contribution in [0.5, 0.6) is 0 Å². The fourth-order valence-corrected chi connectivity index (χ4v) is 2.61. The van der Waals surface area contributed by atoms with Crippen molar-refractivity contribution in [3.05, 3.63) is 71.5 Å². The summed E-state index contributed by atoms with van der Waals surface area (Å²) in [4.78, 5) is 37.8. The summed E-state index contributed by atoms with van der Waals surface area (Å²) >= 11 is 0. The van der Waals surface area contributed by atoms with E-state index in [1.54, 1.807) is 44.2 Å². The van der Waals surface area contributed by atoms with Crippen LogP contribution in [-0.2, 0) is 14.3 Å².